The van der Waals surface area contributed by atoms with Crippen LogP contribution in [0.15, 0.2) is 18.2 Å². The lowest BCUT2D eigenvalue weighted by Crippen LogP contribution is -2.31. The molecule has 1 heterocycles. The van der Waals surface area contributed by atoms with Gasteiger partial charge in [-0.2, -0.15) is 0 Å². The van der Waals surface area contributed by atoms with Crippen molar-refractivity contribution in [2.24, 2.45) is 5.73 Å². The molecule has 0 bridgehead atoms. The molecule has 0 aromatic heterocycles. The molecule has 0 aliphatic carbocycles. The van der Waals surface area contributed by atoms with Gasteiger partial charge in [0.05, 0.1) is 7.11 Å². The lowest BCUT2D eigenvalue weighted by Gasteiger charge is -2.32. The monoisotopic (exact) mass is 234 g/mol. The molecule has 1 atom stereocenters. The number of anilines is 1. The molecule has 0 amide bonds. The van der Waals surface area contributed by atoms with Gasteiger partial charge in [0, 0.05) is 30.4 Å². The van der Waals surface area contributed by atoms with Crippen LogP contribution < -0.4 is 15.4 Å². The summed E-state index contributed by atoms with van der Waals surface area (Å²) in [6.07, 6.45) is 3.89. The first kappa shape index (κ1) is 12.2. The molecule has 3 nitrogen and oxygen atoms in total. The van der Waals surface area contributed by atoms with Gasteiger partial charge >= 0.3 is 0 Å². The molecule has 3 heteroatoms. The van der Waals surface area contributed by atoms with Crippen molar-refractivity contribution in [3.63, 3.8) is 0 Å². The second kappa shape index (κ2) is 5.41. The average Bonchev–Trinajstić information content (AvgIpc) is 2.38. The van der Waals surface area contributed by atoms with Gasteiger partial charge in [-0.15, -0.1) is 0 Å². The number of nitrogens with two attached hydrogens (primary N) is 1. The number of benzene rings is 1. The molecule has 1 aliphatic rings. The SMILES string of the molecule is COc1cccc(N2CCCCC2)c1[C@@H](C)N. The van der Waals surface area contributed by atoms with E-state index in [1.54, 1.807) is 7.11 Å². The van der Waals surface area contributed by atoms with Crippen molar-refractivity contribution >= 4 is 5.69 Å². The summed E-state index contributed by atoms with van der Waals surface area (Å²) in [5.41, 5.74) is 8.48. The summed E-state index contributed by atoms with van der Waals surface area (Å²) in [6.45, 7) is 4.28. The number of hydrogen-bond acceptors (Lipinski definition) is 3. The Kier molecular flexibility index (Phi) is 3.89. The molecule has 1 fully saturated rings. The minimum absolute atomic E-state index is 0.00285. The Bertz CT molecular complexity index is 370. The lowest BCUT2D eigenvalue weighted by atomic mass is 10.0. The first-order valence-electron chi connectivity index (χ1n) is 6.41. The normalized spacial score (nSPS) is 17.9. The van der Waals surface area contributed by atoms with Crippen LogP contribution in [0, 0.1) is 0 Å². The van der Waals surface area contributed by atoms with E-state index in [-0.39, 0.29) is 6.04 Å². The van der Waals surface area contributed by atoms with E-state index in [2.05, 4.69) is 17.0 Å². The van der Waals surface area contributed by atoms with Gasteiger partial charge in [-0.25, -0.2) is 0 Å². The number of rotatable bonds is 3. The van der Waals surface area contributed by atoms with Gasteiger partial charge in [0.25, 0.3) is 0 Å². The van der Waals surface area contributed by atoms with E-state index in [0.717, 1.165) is 24.4 Å². The van der Waals surface area contributed by atoms with Crippen LogP contribution in [0.2, 0.25) is 0 Å². The van der Waals surface area contributed by atoms with Crippen LogP contribution in [0.3, 0.4) is 0 Å². The van der Waals surface area contributed by atoms with Gasteiger partial charge in [-0.1, -0.05) is 6.07 Å². The summed E-state index contributed by atoms with van der Waals surface area (Å²) in [6, 6.07) is 6.20. The van der Waals surface area contributed by atoms with Crippen LogP contribution in [0.5, 0.6) is 5.75 Å². The molecular formula is C14H22N2O. The highest BCUT2D eigenvalue weighted by atomic mass is 16.5. The standard InChI is InChI=1S/C14H22N2O/c1-11(15)14-12(7-6-8-13(14)17-2)16-9-4-3-5-10-16/h6-8,11H,3-5,9-10,15H2,1-2H3/t11-/m1/s1. The summed E-state index contributed by atoms with van der Waals surface area (Å²) in [5, 5.41) is 0. The van der Waals surface area contributed by atoms with Gasteiger partial charge in [0.15, 0.2) is 0 Å². The van der Waals surface area contributed by atoms with Gasteiger partial charge in [0.2, 0.25) is 0 Å². The van der Waals surface area contributed by atoms with E-state index in [1.807, 2.05) is 13.0 Å². The quantitative estimate of drug-likeness (QED) is 0.874. The van der Waals surface area contributed by atoms with E-state index >= 15 is 0 Å². The maximum Gasteiger partial charge on any atom is 0.125 e. The highest BCUT2D eigenvalue weighted by Crippen LogP contribution is 2.34. The molecule has 0 saturated carbocycles. The van der Waals surface area contributed by atoms with Crippen LogP contribution in [0.1, 0.15) is 37.8 Å². The highest BCUT2D eigenvalue weighted by Gasteiger charge is 2.19. The zero-order chi connectivity index (χ0) is 12.3. The van der Waals surface area contributed by atoms with Crippen LogP contribution in [-0.2, 0) is 0 Å². The average molecular weight is 234 g/mol. The van der Waals surface area contributed by atoms with E-state index in [9.17, 15) is 0 Å². The predicted octanol–water partition coefficient (Wildman–Crippen LogP) is 2.71. The zero-order valence-corrected chi connectivity index (χ0v) is 10.8. The van der Waals surface area contributed by atoms with Crippen molar-refractivity contribution < 1.29 is 4.74 Å². The molecule has 1 aromatic carbocycles. The molecule has 17 heavy (non-hydrogen) atoms. The van der Waals surface area contributed by atoms with E-state index in [0.29, 0.717) is 0 Å². The molecule has 0 unspecified atom stereocenters. The molecule has 0 spiro atoms. The summed E-state index contributed by atoms with van der Waals surface area (Å²) >= 11 is 0. The molecule has 94 valence electrons. The number of piperidine rings is 1. The molecule has 1 aromatic rings. The molecule has 2 rings (SSSR count). The van der Waals surface area contributed by atoms with Crippen molar-refractivity contribution in [3.8, 4) is 5.75 Å². The molecule has 1 aliphatic heterocycles. The fraction of sp³-hybridized carbons (Fsp3) is 0.571. The Labute approximate surface area is 104 Å². The smallest absolute Gasteiger partial charge is 0.125 e. The highest BCUT2D eigenvalue weighted by molar-refractivity contribution is 5.60. The third kappa shape index (κ3) is 2.55. The van der Waals surface area contributed by atoms with Crippen molar-refractivity contribution in [3.05, 3.63) is 23.8 Å². The molecule has 0 radical (unpaired) electrons. The second-order valence-corrected chi connectivity index (χ2v) is 4.73. The fourth-order valence-corrected chi connectivity index (χ4v) is 2.58. The Balaban J connectivity index is 2.37. The molecule has 2 N–H and O–H groups in total. The minimum atomic E-state index is 0.00285. The Morgan fingerprint density at radius 3 is 2.53 bits per heavy atom. The topological polar surface area (TPSA) is 38.5 Å². The Hall–Kier alpha value is -1.22. The van der Waals surface area contributed by atoms with Crippen LogP contribution in [0.4, 0.5) is 5.69 Å². The largest absolute Gasteiger partial charge is 0.496 e. The van der Waals surface area contributed by atoms with Gasteiger partial charge in [0.1, 0.15) is 5.75 Å². The first-order valence-corrected chi connectivity index (χ1v) is 6.41. The van der Waals surface area contributed by atoms with Crippen molar-refractivity contribution in [1.29, 1.82) is 0 Å². The summed E-state index contributed by atoms with van der Waals surface area (Å²) in [7, 11) is 1.71. The number of methoxy groups -OCH3 is 1. The van der Waals surface area contributed by atoms with Crippen LogP contribution in [-0.4, -0.2) is 20.2 Å². The van der Waals surface area contributed by atoms with E-state index in [4.69, 9.17) is 10.5 Å². The maximum absolute atomic E-state index is 6.09. The van der Waals surface area contributed by atoms with Crippen molar-refractivity contribution in [2.75, 3.05) is 25.1 Å². The number of ether oxygens (including phenoxy) is 1. The van der Waals surface area contributed by atoms with Gasteiger partial charge in [-0.3, -0.25) is 0 Å². The van der Waals surface area contributed by atoms with E-state index in [1.165, 1.54) is 24.9 Å². The second-order valence-electron chi connectivity index (χ2n) is 4.73. The van der Waals surface area contributed by atoms with Crippen molar-refractivity contribution in [2.45, 2.75) is 32.2 Å². The first-order chi connectivity index (χ1) is 8.24. The third-order valence-electron chi connectivity index (χ3n) is 3.42. The molecule has 1 saturated heterocycles. The summed E-state index contributed by atoms with van der Waals surface area (Å²) < 4.78 is 5.43. The Morgan fingerprint density at radius 2 is 1.94 bits per heavy atom. The maximum atomic E-state index is 6.09. The van der Waals surface area contributed by atoms with Crippen LogP contribution >= 0.6 is 0 Å². The third-order valence-corrected chi connectivity index (χ3v) is 3.42. The predicted molar refractivity (Wildman–Crippen MR) is 71.7 cm³/mol. The molecular weight excluding hydrogens is 212 g/mol. The summed E-state index contributed by atoms with van der Waals surface area (Å²) in [5.74, 6) is 0.906. The zero-order valence-electron chi connectivity index (χ0n) is 10.8. The van der Waals surface area contributed by atoms with Gasteiger partial charge < -0.3 is 15.4 Å². The van der Waals surface area contributed by atoms with Crippen LogP contribution in [0.25, 0.3) is 0 Å². The fourth-order valence-electron chi connectivity index (χ4n) is 2.58. The minimum Gasteiger partial charge on any atom is -0.496 e. The number of hydrogen-bond donors (Lipinski definition) is 1. The van der Waals surface area contributed by atoms with Crippen molar-refractivity contribution in [1.82, 2.24) is 0 Å². The van der Waals surface area contributed by atoms with E-state index < -0.39 is 0 Å². The number of nitrogens with zero attached hydrogens (tertiary/aromatic N) is 1. The lowest BCUT2D eigenvalue weighted by molar-refractivity contribution is 0.406. The van der Waals surface area contributed by atoms with Gasteiger partial charge in [-0.05, 0) is 38.3 Å². The summed E-state index contributed by atoms with van der Waals surface area (Å²) in [4.78, 5) is 2.44. The Morgan fingerprint density at radius 1 is 1.24 bits per heavy atom.